The van der Waals surface area contributed by atoms with Crippen molar-refractivity contribution in [1.29, 1.82) is 0 Å². The van der Waals surface area contributed by atoms with Gasteiger partial charge in [0, 0.05) is 18.6 Å². The fraction of sp³-hybridized carbons (Fsp3) is 0.333. The van der Waals surface area contributed by atoms with E-state index in [1.807, 2.05) is 30.1 Å². The Kier molecular flexibility index (Phi) is 2.49. The monoisotopic (exact) mass is 209 g/mol. The number of ether oxygens (including phenoxy) is 1. The van der Waals surface area contributed by atoms with E-state index in [-0.39, 0.29) is 0 Å². The lowest BCUT2D eigenvalue weighted by Crippen LogP contribution is -1.90. The highest BCUT2D eigenvalue weighted by molar-refractivity contribution is 7.13. The highest BCUT2D eigenvalue weighted by Gasteiger charge is 2.09. The third-order valence-electron chi connectivity index (χ3n) is 1.77. The van der Waals surface area contributed by atoms with E-state index in [0.29, 0.717) is 12.5 Å². The van der Waals surface area contributed by atoms with Gasteiger partial charge in [0.15, 0.2) is 10.8 Å². The molecule has 14 heavy (non-hydrogen) atoms. The summed E-state index contributed by atoms with van der Waals surface area (Å²) in [4.78, 5) is 8.53. The lowest BCUT2D eigenvalue weighted by Gasteiger charge is -1.93. The standard InChI is InChI=1S/C9H11N3OS/c1-3-13-7-6-12(2)8(11-7)9-10-4-5-14-9/h4-6H,3H2,1-2H3. The largest absolute Gasteiger partial charge is 0.477 e. The first kappa shape index (κ1) is 9.21. The SMILES string of the molecule is CCOc1cn(C)c(-c2nccs2)n1. The van der Waals surface area contributed by atoms with Gasteiger partial charge in [0.05, 0.1) is 12.8 Å². The maximum atomic E-state index is 5.31. The summed E-state index contributed by atoms with van der Waals surface area (Å²) < 4.78 is 7.23. The van der Waals surface area contributed by atoms with Gasteiger partial charge in [-0.1, -0.05) is 0 Å². The Bertz CT molecular complexity index is 408. The Balaban J connectivity index is 2.35. The minimum Gasteiger partial charge on any atom is -0.477 e. The number of rotatable bonds is 3. The molecule has 0 fully saturated rings. The van der Waals surface area contributed by atoms with E-state index in [2.05, 4.69) is 9.97 Å². The van der Waals surface area contributed by atoms with Crippen molar-refractivity contribution < 1.29 is 4.74 Å². The molecule has 0 radical (unpaired) electrons. The Hall–Kier alpha value is -1.36. The lowest BCUT2D eigenvalue weighted by atomic mass is 10.6. The van der Waals surface area contributed by atoms with Crippen LogP contribution in [0, 0.1) is 0 Å². The molecule has 2 aromatic rings. The molecular formula is C9H11N3OS. The molecule has 4 nitrogen and oxygen atoms in total. The Morgan fingerprint density at radius 3 is 3.07 bits per heavy atom. The van der Waals surface area contributed by atoms with Gasteiger partial charge in [0.2, 0.25) is 5.88 Å². The molecule has 0 unspecified atom stereocenters. The number of aryl methyl sites for hydroxylation is 1. The van der Waals surface area contributed by atoms with E-state index >= 15 is 0 Å². The maximum absolute atomic E-state index is 5.31. The fourth-order valence-electron chi connectivity index (χ4n) is 1.19. The molecule has 0 saturated heterocycles. The van der Waals surface area contributed by atoms with Gasteiger partial charge in [-0.05, 0) is 6.92 Å². The van der Waals surface area contributed by atoms with Crippen molar-refractivity contribution in [2.24, 2.45) is 7.05 Å². The number of hydrogen-bond acceptors (Lipinski definition) is 4. The minimum atomic E-state index is 0.633. The summed E-state index contributed by atoms with van der Waals surface area (Å²) >= 11 is 1.57. The number of imidazole rings is 1. The van der Waals surface area contributed by atoms with Crippen molar-refractivity contribution in [1.82, 2.24) is 14.5 Å². The number of thiazole rings is 1. The maximum Gasteiger partial charge on any atom is 0.232 e. The summed E-state index contributed by atoms with van der Waals surface area (Å²) in [6.45, 7) is 2.58. The Labute approximate surface area is 86.2 Å². The van der Waals surface area contributed by atoms with Crippen LogP contribution in [0.2, 0.25) is 0 Å². The zero-order valence-electron chi connectivity index (χ0n) is 8.10. The van der Waals surface area contributed by atoms with Gasteiger partial charge < -0.3 is 9.30 Å². The van der Waals surface area contributed by atoms with Crippen LogP contribution in [-0.2, 0) is 7.05 Å². The van der Waals surface area contributed by atoms with Crippen LogP contribution in [-0.4, -0.2) is 21.1 Å². The zero-order valence-corrected chi connectivity index (χ0v) is 8.91. The quantitative estimate of drug-likeness (QED) is 0.775. The van der Waals surface area contributed by atoms with Crippen molar-refractivity contribution in [3.8, 4) is 16.7 Å². The highest BCUT2D eigenvalue weighted by Crippen LogP contribution is 2.22. The molecule has 0 saturated carbocycles. The smallest absolute Gasteiger partial charge is 0.232 e. The molecule has 5 heteroatoms. The molecule has 0 aliphatic heterocycles. The van der Waals surface area contributed by atoms with Crippen molar-refractivity contribution in [2.45, 2.75) is 6.92 Å². The molecule has 0 amide bonds. The van der Waals surface area contributed by atoms with Crippen molar-refractivity contribution >= 4 is 11.3 Å². The molecule has 74 valence electrons. The third kappa shape index (κ3) is 1.63. The molecule has 0 atom stereocenters. The molecular weight excluding hydrogens is 198 g/mol. The fourth-order valence-corrected chi connectivity index (χ4v) is 1.86. The average Bonchev–Trinajstić information content (AvgIpc) is 2.74. The summed E-state index contributed by atoms with van der Waals surface area (Å²) in [5.74, 6) is 1.50. The summed E-state index contributed by atoms with van der Waals surface area (Å²) in [6.07, 6.45) is 3.63. The average molecular weight is 209 g/mol. The normalized spacial score (nSPS) is 10.4. The van der Waals surface area contributed by atoms with Gasteiger partial charge >= 0.3 is 0 Å². The minimum absolute atomic E-state index is 0.633. The van der Waals surface area contributed by atoms with Crippen LogP contribution in [0.4, 0.5) is 0 Å². The molecule has 2 aromatic heterocycles. The van der Waals surface area contributed by atoms with Crippen LogP contribution in [0.5, 0.6) is 5.88 Å². The zero-order chi connectivity index (χ0) is 9.97. The molecule has 0 N–H and O–H groups in total. The van der Waals surface area contributed by atoms with Gasteiger partial charge in [-0.3, -0.25) is 0 Å². The van der Waals surface area contributed by atoms with E-state index in [9.17, 15) is 0 Å². The van der Waals surface area contributed by atoms with E-state index in [1.54, 1.807) is 17.5 Å². The molecule has 0 spiro atoms. The Morgan fingerprint density at radius 2 is 2.43 bits per heavy atom. The summed E-state index contributed by atoms with van der Waals surface area (Å²) in [6, 6.07) is 0. The first-order valence-corrected chi connectivity index (χ1v) is 5.25. The second-order valence-electron chi connectivity index (χ2n) is 2.78. The molecule has 0 aromatic carbocycles. The van der Waals surface area contributed by atoms with E-state index < -0.39 is 0 Å². The van der Waals surface area contributed by atoms with Crippen molar-refractivity contribution in [2.75, 3.05) is 6.61 Å². The van der Waals surface area contributed by atoms with Crippen LogP contribution >= 0.6 is 11.3 Å². The van der Waals surface area contributed by atoms with Crippen LogP contribution in [0.15, 0.2) is 17.8 Å². The second-order valence-corrected chi connectivity index (χ2v) is 3.68. The van der Waals surface area contributed by atoms with E-state index in [0.717, 1.165) is 10.8 Å². The van der Waals surface area contributed by atoms with Gasteiger partial charge in [-0.2, -0.15) is 4.98 Å². The molecule has 0 aliphatic carbocycles. The summed E-state index contributed by atoms with van der Waals surface area (Å²) in [5.41, 5.74) is 0. The highest BCUT2D eigenvalue weighted by atomic mass is 32.1. The first-order valence-electron chi connectivity index (χ1n) is 4.37. The predicted molar refractivity (Wildman–Crippen MR) is 55.5 cm³/mol. The van der Waals surface area contributed by atoms with Crippen molar-refractivity contribution in [3.05, 3.63) is 17.8 Å². The van der Waals surface area contributed by atoms with Crippen LogP contribution in [0.1, 0.15) is 6.92 Å². The second kappa shape index (κ2) is 3.79. The van der Waals surface area contributed by atoms with E-state index in [4.69, 9.17) is 4.74 Å². The van der Waals surface area contributed by atoms with Crippen LogP contribution in [0.3, 0.4) is 0 Å². The van der Waals surface area contributed by atoms with Crippen LogP contribution in [0.25, 0.3) is 10.8 Å². The Morgan fingerprint density at radius 1 is 1.57 bits per heavy atom. The van der Waals surface area contributed by atoms with Gasteiger partial charge in [0.25, 0.3) is 0 Å². The topological polar surface area (TPSA) is 39.9 Å². The van der Waals surface area contributed by atoms with Crippen molar-refractivity contribution in [3.63, 3.8) is 0 Å². The summed E-state index contributed by atoms with van der Waals surface area (Å²) in [7, 11) is 1.94. The lowest BCUT2D eigenvalue weighted by molar-refractivity contribution is 0.328. The predicted octanol–water partition coefficient (Wildman–Crippen LogP) is 1.94. The van der Waals surface area contributed by atoms with Gasteiger partial charge in [-0.15, -0.1) is 11.3 Å². The van der Waals surface area contributed by atoms with Gasteiger partial charge in [0.1, 0.15) is 0 Å². The number of aromatic nitrogens is 3. The van der Waals surface area contributed by atoms with E-state index in [1.165, 1.54) is 0 Å². The van der Waals surface area contributed by atoms with Gasteiger partial charge in [-0.25, -0.2) is 4.98 Å². The first-order chi connectivity index (χ1) is 6.81. The molecule has 0 aliphatic rings. The molecule has 2 heterocycles. The van der Waals surface area contributed by atoms with Crippen LogP contribution < -0.4 is 4.74 Å². The summed E-state index contributed by atoms with van der Waals surface area (Å²) in [5, 5.41) is 2.85. The molecule has 0 bridgehead atoms. The molecule has 2 rings (SSSR count). The number of nitrogens with zero attached hydrogens (tertiary/aromatic N) is 3. The third-order valence-corrected chi connectivity index (χ3v) is 2.54. The number of hydrogen-bond donors (Lipinski definition) is 0.